The molecule has 3 rings (SSSR count). The highest BCUT2D eigenvalue weighted by Gasteiger charge is 2.09. The summed E-state index contributed by atoms with van der Waals surface area (Å²) >= 11 is 0. The number of anilines is 1. The maximum absolute atomic E-state index is 13.1. The van der Waals surface area contributed by atoms with Gasteiger partial charge in [0.2, 0.25) is 0 Å². The number of fused-ring (bicyclic) bond motifs is 1. The molecule has 2 heterocycles. The first kappa shape index (κ1) is 9.71. The van der Waals surface area contributed by atoms with Crippen LogP contribution in [0.2, 0.25) is 0 Å². The predicted molar refractivity (Wildman–Crippen MR) is 60.6 cm³/mol. The largest absolute Gasteiger partial charge is 0.396 e. The summed E-state index contributed by atoms with van der Waals surface area (Å²) in [6, 6.07) is 7.97. The van der Waals surface area contributed by atoms with Crippen molar-refractivity contribution in [3.63, 3.8) is 0 Å². The van der Waals surface area contributed by atoms with E-state index < -0.39 is 5.82 Å². The van der Waals surface area contributed by atoms with Crippen LogP contribution in [-0.2, 0) is 0 Å². The van der Waals surface area contributed by atoms with E-state index in [1.807, 2.05) is 0 Å². The lowest BCUT2D eigenvalue weighted by atomic mass is 10.2. The summed E-state index contributed by atoms with van der Waals surface area (Å²) < 4.78 is 14.6. The molecule has 0 radical (unpaired) electrons. The molecule has 0 fully saturated rings. The molecule has 0 bridgehead atoms. The lowest BCUT2D eigenvalue weighted by Crippen LogP contribution is -1.96. The average molecular weight is 229 g/mol. The minimum atomic E-state index is -0.449. The van der Waals surface area contributed by atoms with E-state index in [1.54, 1.807) is 28.9 Å². The van der Waals surface area contributed by atoms with Crippen LogP contribution in [0.3, 0.4) is 0 Å². The number of nitrogens with two attached hydrogens (primary N) is 1. The number of hydrogen-bond acceptors (Lipinski definition) is 4. The van der Waals surface area contributed by atoms with Gasteiger partial charge in [-0.25, -0.2) is 4.39 Å². The molecule has 0 spiro atoms. The highest BCUT2D eigenvalue weighted by molar-refractivity contribution is 5.63. The Kier molecular flexibility index (Phi) is 2.01. The van der Waals surface area contributed by atoms with Crippen molar-refractivity contribution in [2.75, 3.05) is 5.73 Å². The first-order valence-corrected chi connectivity index (χ1v) is 4.97. The van der Waals surface area contributed by atoms with E-state index in [0.29, 0.717) is 17.0 Å². The van der Waals surface area contributed by atoms with Gasteiger partial charge in [-0.2, -0.15) is 9.61 Å². The molecule has 5 nitrogen and oxygen atoms in total. The summed E-state index contributed by atoms with van der Waals surface area (Å²) in [5.74, 6) is 0.0860. The first-order valence-electron chi connectivity index (χ1n) is 4.97. The number of rotatable bonds is 1. The number of aromatic nitrogens is 4. The van der Waals surface area contributed by atoms with Crippen molar-refractivity contribution in [3.05, 3.63) is 42.3 Å². The van der Waals surface area contributed by atoms with Crippen LogP contribution in [0.4, 0.5) is 10.1 Å². The predicted octanol–water partition coefficient (Wildman–Crippen LogP) is 1.51. The van der Waals surface area contributed by atoms with Crippen molar-refractivity contribution in [2.24, 2.45) is 0 Å². The highest BCUT2D eigenvalue weighted by atomic mass is 19.1. The van der Waals surface area contributed by atoms with Gasteiger partial charge < -0.3 is 5.73 Å². The van der Waals surface area contributed by atoms with Crippen LogP contribution < -0.4 is 5.73 Å². The SMILES string of the molecule is Nc1cc(-c2nnc3cccnn23)ccc1F. The van der Waals surface area contributed by atoms with Gasteiger partial charge in [-0.15, -0.1) is 10.2 Å². The van der Waals surface area contributed by atoms with Crippen LogP contribution in [0.5, 0.6) is 0 Å². The van der Waals surface area contributed by atoms with Crippen molar-refractivity contribution in [1.29, 1.82) is 0 Å². The molecule has 0 saturated carbocycles. The smallest absolute Gasteiger partial charge is 0.185 e. The van der Waals surface area contributed by atoms with Crippen molar-refractivity contribution < 1.29 is 4.39 Å². The van der Waals surface area contributed by atoms with Crippen LogP contribution in [0, 0.1) is 5.82 Å². The summed E-state index contributed by atoms with van der Waals surface area (Å²) in [5.41, 5.74) is 6.90. The summed E-state index contributed by atoms with van der Waals surface area (Å²) in [7, 11) is 0. The molecule has 0 unspecified atom stereocenters. The van der Waals surface area contributed by atoms with Gasteiger partial charge in [0.15, 0.2) is 11.5 Å². The molecule has 0 atom stereocenters. The van der Waals surface area contributed by atoms with E-state index in [1.165, 1.54) is 12.1 Å². The molecule has 0 saturated heterocycles. The van der Waals surface area contributed by atoms with Crippen LogP contribution >= 0.6 is 0 Å². The van der Waals surface area contributed by atoms with E-state index in [0.717, 1.165) is 0 Å². The second kappa shape index (κ2) is 3.51. The van der Waals surface area contributed by atoms with Gasteiger partial charge in [-0.05, 0) is 30.3 Å². The Bertz CT molecular complexity index is 691. The zero-order valence-electron chi connectivity index (χ0n) is 8.71. The van der Waals surface area contributed by atoms with Crippen molar-refractivity contribution >= 4 is 11.3 Å². The molecular weight excluding hydrogens is 221 g/mol. The molecule has 2 aromatic heterocycles. The Labute approximate surface area is 95.7 Å². The quantitative estimate of drug-likeness (QED) is 0.642. The zero-order valence-corrected chi connectivity index (χ0v) is 8.71. The standard InChI is InChI=1S/C11H8FN5/c12-8-4-3-7(6-9(8)13)11-16-15-10-2-1-5-14-17(10)11/h1-6H,13H2. The van der Waals surface area contributed by atoms with Gasteiger partial charge in [0, 0.05) is 11.8 Å². The summed E-state index contributed by atoms with van der Waals surface area (Å²) in [4.78, 5) is 0. The van der Waals surface area contributed by atoms with Gasteiger partial charge in [0.1, 0.15) is 5.82 Å². The minimum Gasteiger partial charge on any atom is -0.396 e. The highest BCUT2D eigenvalue weighted by Crippen LogP contribution is 2.21. The maximum atomic E-state index is 13.1. The lowest BCUT2D eigenvalue weighted by Gasteiger charge is -2.01. The lowest BCUT2D eigenvalue weighted by molar-refractivity contribution is 0.632. The molecule has 2 N–H and O–H groups in total. The molecule has 84 valence electrons. The molecule has 0 aliphatic rings. The Balaban J connectivity index is 2.24. The molecule has 3 aromatic rings. The van der Waals surface area contributed by atoms with Crippen molar-refractivity contribution in [3.8, 4) is 11.4 Å². The van der Waals surface area contributed by atoms with Crippen molar-refractivity contribution in [2.45, 2.75) is 0 Å². The van der Waals surface area contributed by atoms with Crippen molar-refractivity contribution in [1.82, 2.24) is 19.8 Å². The molecule has 0 aliphatic carbocycles. The Morgan fingerprint density at radius 3 is 2.88 bits per heavy atom. The first-order chi connectivity index (χ1) is 8.25. The van der Waals surface area contributed by atoms with Gasteiger partial charge >= 0.3 is 0 Å². The number of benzene rings is 1. The number of halogens is 1. The third-order valence-electron chi connectivity index (χ3n) is 2.43. The number of hydrogen-bond donors (Lipinski definition) is 1. The molecule has 1 aromatic carbocycles. The van der Waals surface area contributed by atoms with Gasteiger partial charge in [0.25, 0.3) is 0 Å². The second-order valence-electron chi connectivity index (χ2n) is 3.55. The molecular formula is C11H8FN5. The third-order valence-corrected chi connectivity index (χ3v) is 2.43. The summed E-state index contributed by atoms with van der Waals surface area (Å²) in [6.45, 7) is 0. The number of nitrogens with zero attached hydrogens (tertiary/aromatic N) is 4. The van der Waals surface area contributed by atoms with E-state index in [4.69, 9.17) is 5.73 Å². The van der Waals surface area contributed by atoms with E-state index in [2.05, 4.69) is 15.3 Å². The van der Waals surface area contributed by atoms with Crippen LogP contribution in [0.25, 0.3) is 17.0 Å². The molecule has 0 aliphatic heterocycles. The summed E-state index contributed by atoms with van der Waals surface area (Å²) in [5, 5.41) is 12.1. The second-order valence-corrected chi connectivity index (χ2v) is 3.55. The Hall–Kier alpha value is -2.50. The fraction of sp³-hybridized carbons (Fsp3) is 0. The zero-order chi connectivity index (χ0) is 11.8. The van der Waals surface area contributed by atoms with Crippen LogP contribution in [-0.4, -0.2) is 19.8 Å². The van der Waals surface area contributed by atoms with Crippen LogP contribution in [0.15, 0.2) is 36.5 Å². The fourth-order valence-electron chi connectivity index (χ4n) is 1.61. The fourth-order valence-corrected chi connectivity index (χ4v) is 1.61. The van der Waals surface area contributed by atoms with E-state index in [9.17, 15) is 4.39 Å². The third kappa shape index (κ3) is 1.50. The minimum absolute atomic E-state index is 0.0789. The van der Waals surface area contributed by atoms with E-state index in [-0.39, 0.29) is 5.69 Å². The molecule has 17 heavy (non-hydrogen) atoms. The monoisotopic (exact) mass is 229 g/mol. The van der Waals surface area contributed by atoms with Gasteiger partial charge in [-0.1, -0.05) is 0 Å². The molecule has 6 heteroatoms. The van der Waals surface area contributed by atoms with Gasteiger partial charge in [0.05, 0.1) is 5.69 Å². The normalized spacial score (nSPS) is 10.9. The number of nitrogen functional groups attached to an aromatic ring is 1. The summed E-state index contributed by atoms with van der Waals surface area (Å²) in [6.07, 6.45) is 1.63. The average Bonchev–Trinajstić information content (AvgIpc) is 2.76. The molecule has 0 amide bonds. The van der Waals surface area contributed by atoms with E-state index >= 15 is 0 Å². The Morgan fingerprint density at radius 1 is 1.18 bits per heavy atom. The van der Waals surface area contributed by atoms with Gasteiger partial charge in [-0.3, -0.25) is 0 Å². The maximum Gasteiger partial charge on any atom is 0.185 e. The topological polar surface area (TPSA) is 69.1 Å². The van der Waals surface area contributed by atoms with Crippen LogP contribution in [0.1, 0.15) is 0 Å². The Morgan fingerprint density at radius 2 is 2.06 bits per heavy atom.